The standard InChI is InChI=1S/C19H19N3O2/c1-2-4-16-14(3-1)13(11-21-16)5-6-17-15-10-19-18(23-22-24-19)9-12(15)7-8-20-17/h1-4,9-11,17,20-22H,5-8H2. The first-order valence-electron chi connectivity index (χ1n) is 8.42. The van der Waals surface area contributed by atoms with Crippen LogP contribution in [0.1, 0.15) is 29.2 Å². The summed E-state index contributed by atoms with van der Waals surface area (Å²) in [6, 6.07) is 13.0. The van der Waals surface area contributed by atoms with Crippen LogP contribution in [0.2, 0.25) is 0 Å². The lowest BCUT2D eigenvalue weighted by atomic mass is 9.90. The summed E-state index contributed by atoms with van der Waals surface area (Å²) in [5.41, 5.74) is 7.74. The van der Waals surface area contributed by atoms with Gasteiger partial charge in [-0.2, -0.15) is 0 Å². The Labute approximate surface area is 139 Å². The summed E-state index contributed by atoms with van der Waals surface area (Å²) in [7, 11) is 0. The van der Waals surface area contributed by atoms with Crippen LogP contribution in [-0.2, 0) is 12.8 Å². The monoisotopic (exact) mass is 321 g/mol. The molecule has 5 heteroatoms. The van der Waals surface area contributed by atoms with E-state index in [0.29, 0.717) is 6.04 Å². The number of hydrogen-bond acceptors (Lipinski definition) is 4. The van der Waals surface area contributed by atoms with Crippen molar-refractivity contribution in [3.8, 4) is 11.5 Å². The molecule has 2 aromatic carbocycles. The fraction of sp³-hybridized carbons (Fsp3) is 0.263. The zero-order chi connectivity index (χ0) is 15.9. The number of fused-ring (bicyclic) bond motifs is 3. The highest BCUT2D eigenvalue weighted by Crippen LogP contribution is 2.38. The average molecular weight is 321 g/mol. The molecule has 2 aliphatic rings. The van der Waals surface area contributed by atoms with E-state index in [2.05, 4.69) is 58.5 Å². The topological polar surface area (TPSA) is 58.3 Å². The van der Waals surface area contributed by atoms with E-state index in [0.717, 1.165) is 37.3 Å². The summed E-state index contributed by atoms with van der Waals surface area (Å²) in [4.78, 5) is 13.9. The largest absolute Gasteiger partial charge is 0.370 e. The highest BCUT2D eigenvalue weighted by atomic mass is 16.9. The lowest BCUT2D eigenvalue weighted by molar-refractivity contribution is 0.0259. The predicted molar refractivity (Wildman–Crippen MR) is 91.9 cm³/mol. The highest BCUT2D eigenvalue weighted by Gasteiger charge is 2.25. The lowest BCUT2D eigenvalue weighted by Crippen LogP contribution is -2.30. The molecule has 1 unspecified atom stereocenters. The number of aromatic nitrogens is 1. The normalized spacial score (nSPS) is 18.8. The Kier molecular flexibility index (Phi) is 3.21. The van der Waals surface area contributed by atoms with E-state index in [1.54, 1.807) is 0 Å². The van der Waals surface area contributed by atoms with Crippen molar-refractivity contribution in [2.45, 2.75) is 25.3 Å². The lowest BCUT2D eigenvalue weighted by Gasteiger charge is -2.27. The van der Waals surface area contributed by atoms with Crippen LogP contribution in [0.4, 0.5) is 0 Å². The summed E-state index contributed by atoms with van der Waals surface area (Å²) in [6.07, 6.45) is 5.25. The smallest absolute Gasteiger partial charge is 0.196 e. The van der Waals surface area contributed by atoms with Crippen LogP contribution in [-0.4, -0.2) is 11.5 Å². The van der Waals surface area contributed by atoms with Crippen LogP contribution in [0, 0.1) is 0 Å². The third kappa shape index (κ3) is 2.25. The van der Waals surface area contributed by atoms with Gasteiger partial charge in [-0.1, -0.05) is 18.2 Å². The summed E-state index contributed by atoms with van der Waals surface area (Å²) in [5.74, 6) is 1.56. The summed E-state index contributed by atoms with van der Waals surface area (Å²) in [5, 5.41) is 4.97. The molecule has 3 heterocycles. The van der Waals surface area contributed by atoms with Crippen molar-refractivity contribution >= 4 is 10.9 Å². The quantitative estimate of drug-likeness (QED) is 0.693. The van der Waals surface area contributed by atoms with Crippen molar-refractivity contribution in [1.82, 2.24) is 15.9 Å². The predicted octanol–water partition coefficient (Wildman–Crippen LogP) is 3.18. The zero-order valence-electron chi connectivity index (χ0n) is 13.3. The molecule has 0 aliphatic carbocycles. The van der Waals surface area contributed by atoms with Crippen molar-refractivity contribution in [2.75, 3.05) is 6.54 Å². The van der Waals surface area contributed by atoms with Gasteiger partial charge in [0.2, 0.25) is 0 Å². The van der Waals surface area contributed by atoms with Crippen LogP contribution in [0.5, 0.6) is 11.5 Å². The molecule has 122 valence electrons. The van der Waals surface area contributed by atoms with E-state index in [4.69, 9.17) is 9.68 Å². The first-order valence-corrected chi connectivity index (χ1v) is 8.42. The Morgan fingerprint density at radius 3 is 2.92 bits per heavy atom. The number of hydrogen-bond donors (Lipinski definition) is 3. The first kappa shape index (κ1) is 13.9. The maximum atomic E-state index is 5.32. The SMILES string of the molecule is c1ccc2c(CCC3NCCc4cc5c(cc43)ONO5)c[nH]c2c1. The maximum Gasteiger partial charge on any atom is 0.196 e. The number of para-hydroxylation sites is 1. The van der Waals surface area contributed by atoms with Crippen LogP contribution in [0.25, 0.3) is 10.9 Å². The molecule has 2 aliphatic heterocycles. The third-order valence-electron chi connectivity index (χ3n) is 5.05. The molecule has 0 saturated carbocycles. The van der Waals surface area contributed by atoms with E-state index in [1.807, 2.05) is 0 Å². The molecule has 24 heavy (non-hydrogen) atoms. The second-order valence-corrected chi connectivity index (χ2v) is 6.44. The Balaban J connectivity index is 1.41. The van der Waals surface area contributed by atoms with Gasteiger partial charge in [-0.3, -0.25) is 0 Å². The number of benzene rings is 2. The van der Waals surface area contributed by atoms with Gasteiger partial charge in [0.05, 0.1) is 0 Å². The summed E-state index contributed by atoms with van der Waals surface area (Å²) >= 11 is 0. The highest BCUT2D eigenvalue weighted by molar-refractivity contribution is 5.83. The molecule has 5 rings (SSSR count). The number of aryl methyl sites for hydroxylation is 1. The van der Waals surface area contributed by atoms with Gasteiger partial charge in [-0.05, 0) is 60.7 Å². The van der Waals surface area contributed by atoms with Crippen LogP contribution < -0.4 is 20.6 Å². The van der Waals surface area contributed by atoms with Crippen molar-refractivity contribution < 1.29 is 9.68 Å². The van der Waals surface area contributed by atoms with E-state index in [-0.39, 0.29) is 0 Å². The molecule has 0 amide bonds. The maximum absolute atomic E-state index is 5.32. The fourth-order valence-electron chi connectivity index (χ4n) is 3.82. The molecule has 3 aromatic rings. The Bertz CT molecular complexity index is 903. The van der Waals surface area contributed by atoms with Crippen LogP contribution in [0.15, 0.2) is 42.6 Å². The molecule has 0 spiro atoms. The zero-order valence-corrected chi connectivity index (χ0v) is 13.3. The van der Waals surface area contributed by atoms with Crippen LogP contribution >= 0.6 is 0 Å². The molecule has 0 radical (unpaired) electrons. The van der Waals surface area contributed by atoms with Crippen LogP contribution in [0.3, 0.4) is 0 Å². The van der Waals surface area contributed by atoms with Gasteiger partial charge in [-0.15, -0.1) is 0 Å². The second kappa shape index (κ2) is 5.54. The van der Waals surface area contributed by atoms with Crippen molar-refractivity contribution in [2.24, 2.45) is 0 Å². The molecule has 0 bridgehead atoms. The minimum Gasteiger partial charge on any atom is -0.370 e. The van der Waals surface area contributed by atoms with Gasteiger partial charge >= 0.3 is 0 Å². The molecule has 0 saturated heterocycles. The second-order valence-electron chi connectivity index (χ2n) is 6.44. The molecular formula is C19H19N3O2. The Morgan fingerprint density at radius 2 is 1.96 bits per heavy atom. The van der Waals surface area contributed by atoms with Gasteiger partial charge in [0.1, 0.15) is 0 Å². The molecule has 0 fully saturated rings. The van der Waals surface area contributed by atoms with Crippen molar-refractivity contribution in [1.29, 1.82) is 0 Å². The van der Waals surface area contributed by atoms with Crippen molar-refractivity contribution in [3.05, 3.63) is 59.3 Å². The van der Waals surface area contributed by atoms with Gasteiger partial charge in [-0.25, -0.2) is 0 Å². The molecule has 1 aromatic heterocycles. The Morgan fingerprint density at radius 1 is 1.08 bits per heavy atom. The number of aromatic amines is 1. The van der Waals surface area contributed by atoms with Gasteiger partial charge < -0.3 is 20.0 Å². The van der Waals surface area contributed by atoms with Gasteiger partial charge in [0, 0.05) is 28.8 Å². The Hall–Kier alpha value is -2.50. The minimum atomic E-state index is 0.344. The first-order chi connectivity index (χ1) is 11.9. The third-order valence-corrected chi connectivity index (χ3v) is 5.05. The van der Waals surface area contributed by atoms with E-state index in [1.165, 1.54) is 27.6 Å². The number of H-pyrrole nitrogens is 1. The summed E-state index contributed by atoms with van der Waals surface area (Å²) in [6.45, 7) is 0.999. The van der Waals surface area contributed by atoms with Gasteiger partial charge in [0.25, 0.3) is 0 Å². The van der Waals surface area contributed by atoms with E-state index >= 15 is 0 Å². The molecule has 3 N–H and O–H groups in total. The molecule has 1 atom stereocenters. The number of rotatable bonds is 3. The fourth-order valence-corrected chi connectivity index (χ4v) is 3.82. The average Bonchev–Trinajstić information content (AvgIpc) is 3.24. The van der Waals surface area contributed by atoms with E-state index in [9.17, 15) is 0 Å². The molecule has 5 nitrogen and oxygen atoms in total. The number of nitrogens with one attached hydrogen (secondary N) is 3. The van der Waals surface area contributed by atoms with Gasteiger partial charge in [0.15, 0.2) is 11.5 Å². The summed E-state index contributed by atoms with van der Waals surface area (Å²) < 4.78 is 0. The molecular weight excluding hydrogens is 302 g/mol. The van der Waals surface area contributed by atoms with Crippen molar-refractivity contribution in [3.63, 3.8) is 0 Å². The minimum absolute atomic E-state index is 0.344. The van der Waals surface area contributed by atoms with E-state index < -0.39 is 0 Å².